The molecule has 2 aromatic carbocycles. The van der Waals surface area contributed by atoms with Gasteiger partial charge in [-0.2, -0.15) is 0 Å². The van der Waals surface area contributed by atoms with Crippen LogP contribution >= 0.6 is 35.6 Å². The molecule has 0 atom stereocenters. The minimum atomic E-state index is -0.770. The van der Waals surface area contributed by atoms with Crippen LogP contribution in [0, 0.1) is 0 Å². The van der Waals surface area contributed by atoms with E-state index in [1.54, 1.807) is 30.3 Å². The van der Waals surface area contributed by atoms with Gasteiger partial charge in [0.25, 0.3) is 5.91 Å². The van der Waals surface area contributed by atoms with Gasteiger partial charge in [0, 0.05) is 23.1 Å². The summed E-state index contributed by atoms with van der Waals surface area (Å²) in [5.74, 6) is -0.346. The zero-order valence-corrected chi connectivity index (χ0v) is 19.0. The van der Waals surface area contributed by atoms with Crippen molar-refractivity contribution in [3.63, 3.8) is 0 Å². The second-order valence-electron chi connectivity index (χ2n) is 7.82. The summed E-state index contributed by atoms with van der Waals surface area (Å²) in [6, 6.07) is 10.6. The molecule has 1 amide bonds. The van der Waals surface area contributed by atoms with Gasteiger partial charge in [-0.1, -0.05) is 35.3 Å². The number of aliphatic carboxylic acids is 1. The molecule has 0 unspecified atom stereocenters. The van der Waals surface area contributed by atoms with E-state index < -0.39 is 5.97 Å². The number of likely N-dealkylation sites (tertiary alicyclic amines) is 1. The first-order valence-corrected chi connectivity index (χ1v) is 10.6. The Morgan fingerprint density at radius 3 is 2.45 bits per heavy atom. The van der Waals surface area contributed by atoms with Crippen molar-refractivity contribution in [2.24, 2.45) is 0 Å². The van der Waals surface area contributed by atoms with Gasteiger partial charge in [0.05, 0.1) is 28.8 Å². The number of carbonyl (C=O) groups is 2. The molecule has 2 heterocycles. The minimum Gasteiger partial charge on any atom is -0.492 e. The molecule has 2 N–H and O–H groups in total. The number of para-hydroxylation sites is 1. The van der Waals surface area contributed by atoms with Crippen molar-refractivity contribution < 1.29 is 19.4 Å². The van der Waals surface area contributed by atoms with Gasteiger partial charge in [-0.15, -0.1) is 12.4 Å². The summed E-state index contributed by atoms with van der Waals surface area (Å²) in [5.41, 5.74) is 1.90. The zero-order chi connectivity index (χ0) is 21.3. The second-order valence-corrected chi connectivity index (χ2v) is 8.63. The third-order valence-electron chi connectivity index (χ3n) is 5.98. The van der Waals surface area contributed by atoms with E-state index in [1.165, 1.54) is 0 Å². The van der Waals surface area contributed by atoms with E-state index in [2.05, 4.69) is 10.2 Å². The Morgan fingerprint density at radius 2 is 1.81 bits per heavy atom. The highest BCUT2D eigenvalue weighted by Gasteiger charge is 2.43. The number of nitrogens with zero attached hydrogens (tertiary/aromatic N) is 1. The molecular formula is C22H23Cl3N2O4. The van der Waals surface area contributed by atoms with Crippen LogP contribution in [0.3, 0.4) is 0 Å². The van der Waals surface area contributed by atoms with Crippen LogP contribution in [0.4, 0.5) is 5.69 Å². The first-order chi connectivity index (χ1) is 14.4. The van der Waals surface area contributed by atoms with Crippen molar-refractivity contribution in [3.05, 3.63) is 57.6 Å². The Bertz CT molecular complexity index is 970. The fourth-order valence-corrected chi connectivity index (χ4v) is 4.68. The lowest BCUT2D eigenvalue weighted by Gasteiger charge is -2.38. The average molecular weight is 486 g/mol. The summed E-state index contributed by atoms with van der Waals surface area (Å²) in [4.78, 5) is 25.7. The van der Waals surface area contributed by atoms with Gasteiger partial charge in [-0.25, -0.2) is 0 Å². The number of fused-ring (bicyclic) bond motifs is 2. The molecule has 0 bridgehead atoms. The summed E-state index contributed by atoms with van der Waals surface area (Å²) >= 11 is 12.3. The fourth-order valence-electron chi connectivity index (χ4n) is 4.19. The molecule has 0 aliphatic carbocycles. The first kappa shape index (κ1) is 23.7. The summed E-state index contributed by atoms with van der Waals surface area (Å²) in [5, 5.41) is 12.4. The van der Waals surface area contributed by atoms with Gasteiger partial charge in [0.1, 0.15) is 5.75 Å². The molecule has 9 heteroatoms. The number of benzene rings is 2. The first-order valence-electron chi connectivity index (χ1n) is 9.85. The maximum absolute atomic E-state index is 12.7. The number of carbonyl (C=O) groups excluding carboxylic acids is 1. The number of nitrogens with one attached hydrogen (secondary N) is 1. The highest BCUT2D eigenvalue weighted by Crippen LogP contribution is 2.46. The number of carboxylic acid groups (broad SMARTS) is 1. The van der Waals surface area contributed by atoms with Gasteiger partial charge in [0.15, 0.2) is 0 Å². The minimum absolute atomic E-state index is 0. The zero-order valence-electron chi connectivity index (χ0n) is 16.7. The second kappa shape index (κ2) is 9.65. The third kappa shape index (κ3) is 4.93. The van der Waals surface area contributed by atoms with Crippen molar-refractivity contribution in [2.45, 2.75) is 24.7 Å². The van der Waals surface area contributed by atoms with Crippen molar-refractivity contribution >= 4 is 53.2 Å². The smallest absolute Gasteiger partial charge is 0.304 e. The number of ether oxygens (including phenoxy) is 1. The molecular weight excluding hydrogens is 463 g/mol. The monoisotopic (exact) mass is 484 g/mol. The topological polar surface area (TPSA) is 78.9 Å². The number of anilines is 1. The lowest BCUT2D eigenvalue weighted by molar-refractivity contribution is -0.137. The average Bonchev–Trinajstić information content (AvgIpc) is 3.08. The molecule has 2 aromatic rings. The van der Waals surface area contributed by atoms with Crippen LogP contribution in [0.5, 0.6) is 5.75 Å². The van der Waals surface area contributed by atoms with E-state index in [-0.39, 0.29) is 30.2 Å². The third-order valence-corrected chi connectivity index (χ3v) is 6.61. The standard InChI is InChI=1S/C22H22Cl2N2O4.ClH/c23-16-2-1-3-17(24)20(16)25-21(29)14-4-5-15-18(12-14)30-13-22(15)7-10-26(11-8-22)9-6-19(27)28;/h1-5,12H,6-11,13H2,(H,25,29)(H,27,28);1H. The Morgan fingerprint density at radius 1 is 1.13 bits per heavy atom. The van der Waals surface area contributed by atoms with E-state index in [9.17, 15) is 9.59 Å². The van der Waals surface area contributed by atoms with Crippen LogP contribution in [0.1, 0.15) is 35.2 Å². The molecule has 166 valence electrons. The molecule has 0 aromatic heterocycles. The van der Waals surface area contributed by atoms with E-state index in [0.717, 1.165) is 37.2 Å². The van der Waals surface area contributed by atoms with Crippen LogP contribution in [0.2, 0.25) is 10.0 Å². The van der Waals surface area contributed by atoms with Crippen molar-refractivity contribution in [2.75, 3.05) is 31.6 Å². The highest BCUT2D eigenvalue weighted by molar-refractivity contribution is 6.40. The normalized spacial score (nSPS) is 16.8. The summed E-state index contributed by atoms with van der Waals surface area (Å²) < 4.78 is 5.97. The molecule has 1 saturated heterocycles. The van der Waals surface area contributed by atoms with Gasteiger partial charge in [-0.05, 0) is 50.2 Å². The molecule has 2 aliphatic heterocycles. The predicted molar refractivity (Wildman–Crippen MR) is 123 cm³/mol. The number of rotatable bonds is 5. The van der Waals surface area contributed by atoms with Crippen LogP contribution < -0.4 is 10.1 Å². The number of carboxylic acids is 1. The number of hydrogen-bond donors (Lipinski definition) is 2. The van der Waals surface area contributed by atoms with Crippen LogP contribution in [0.25, 0.3) is 0 Å². The van der Waals surface area contributed by atoms with E-state index >= 15 is 0 Å². The lowest BCUT2D eigenvalue weighted by Crippen LogP contribution is -2.44. The Balaban J connectivity index is 0.00000272. The number of amides is 1. The molecule has 0 radical (unpaired) electrons. The molecule has 31 heavy (non-hydrogen) atoms. The summed E-state index contributed by atoms with van der Waals surface area (Å²) in [7, 11) is 0. The van der Waals surface area contributed by atoms with Gasteiger partial charge < -0.3 is 20.1 Å². The van der Waals surface area contributed by atoms with E-state index in [4.69, 9.17) is 33.0 Å². The Labute approximate surface area is 196 Å². The number of halogens is 3. The Kier molecular flexibility index (Phi) is 7.37. The van der Waals surface area contributed by atoms with Crippen LogP contribution in [0.15, 0.2) is 36.4 Å². The molecule has 4 rings (SSSR count). The van der Waals surface area contributed by atoms with Crippen molar-refractivity contribution in [3.8, 4) is 5.75 Å². The molecule has 2 aliphatic rings. The summed E-state index contributed by atoms with van der Waals surface area (Å²) in [6.07, 6.45) is 1.97. The number of hydrogen-bond acceptors (Lipinski definition) is 4. The van der Waals surface area contributed by atoms with Gasteiger partial charge in [-0.3, -0.25) is 9.59 Å². The van der Waals surface area contributed by atoms with Gasteiger partial charge >= 0.3 is 5.97 Å². The molecule has 1 spiro atoms. The molecule has 6 nitrogen and oxygen atoms in total. The van der Waals surface area contributed by atoms with Crippen molar-refractivity contribution in [1.29, 1.82) is 0 Å². The molecule has 0 saturated carbocycles. The van der Waals surface area contributed by atoms with E-state index in [0.29, 0.717) is 34.4 Å². The SMILES string of the molecule is Cl.O=C(O)CCN1CCC2(CC1)COc1cc(C(=O)Nc3c(Cl)cccc3Cl)ccc12. The number of piperidine rings is 1. The van der Waals surface area contributed by atoms with Crippen LogP contribution in [-0.4, -0.2) is 48.1 Å². The maximum atomic E-state index is 12.7. The summed E-state index contributed by atoms with van der Waals surface area (Å²) in [6.45, 7) is 2.83. The molecule has 1 fully saturated rings. The highest BCUT2D eigenvalue weighted by atomic mass is 35.5. The van der Waals surface area contributed by atoms with Gasteiger partial charge in [0.2, 0.25) is 0 Å². The largest absolute Gasteiger partial charge is 0.492 e. The quantitative estimate of drug-likeness (QED) is 0.632. The maximum Gasteiger partial charge on any atom is 0.304 e. The Hall–Kier alpha value is -1.99. The van der Waals surface area contributed by atoms with Crippen molar-refractivity contribution in [1.82, 2.24) is 4.90 Å². The van der Waals surface area contributed by atoms with E-state index in [1.807, 2.05) is 6.07 Å². The van der Waals surface area contributed by atoms with Crippen LogP contribution in [-0.2, 0) is 10.2 Å². The lowest BCUT2D eigenvalue weighted by atomic mass is 9.74. The fraction of sp³-hybridized carbons (Fsp3) is 0.364. The predicted octanol–water partition coefficient (Wildman–Crippen LogP) is 4.87.